The Morgan fingerprint density at radius 1 is 1.62 bits per heavy atom. The minimum atomic E-state index is 0.900. The number of thiophene rings is 1. The lowest BCUT2D eigenvalue weighted by Gasteiger charge is -2.14. The van der Waals surface area contributed by atoms with Crippen LogP contribution in [0.25, 0.3) is 0 Å². The number of hydrogen-bond acceptors (Lipinski definition) is 3. The molecule has 0 aliphatic rings. The maximum atomic E-state index is 4.17. The summed E-state index contributed by atoms with van der Waals surface area (Å²) in [5.41, 5.74) is 1.32. The van der Waals surface area contributed by atoms with Crippen molar-refractivity contribution < 1.29 is 0 Å². The van der Waals surface area contributed by atoms with Crippen LogP contribution in [-0.4, -0.2) is 17.0 Å². The van der Waals surface area contributed by atoms with E-state index in [-0.39, 0.29) is 0 Å². The summed E-state index contributed by atoms with van der Waals surface area (Å²) in [6.45, 7) is 0.900. The summed E-state index contributed by atoms with van der Waals surface area (Å²) in [6, 6.07) is 2.13. The number of nitrogens with zero attached hydrogens (tertiary/aromatic N) is 2. The maximum Gasteiger partial charge on any atom is 0.202 e. The van der Waals surface area contributed by atoms with E-state index in [1.165, 1.54) is 5.56 Å². The topological polar surface area (TPSA) is 31.9 Å². The smallest absolute Gasteiger partial charge is 0.202 e. The second-order valence-corrected chi connectivity index (χ2v) is 3.68. The summed E-state index contributed by atoms with van der Waals surface area (Å²) >= 11 is 1.72. The van der Waals surface area contributed by atoms with Gasteiger partial charge in [-0.2, -0.15) is 11.3 Å². The molecule has 0 aliphatic carbocycles. The minimum absolute atomic E-state index is 0.900. The van der Waals surface area contributed by atoms with Gasteiger partial charge in [0.1, 0.15) is 0 Å². The van der Waals surface area contributed by atoms with Crippen LogP contribution in [0.3, 0.4) is 0 Å². The van der Waals surface area contributed by atoms with Crippen molar-refractivity contribution >= 4 is 17.3 Å². The Morgan fingerprint density at radius 3 is 3.15 bits per heavy atom. The van der Waals surface area contributed by atoms with Crippen LogP contribution in [0.2, 0.25) is 0 Å². The third-order valence-corrected chi connectivity index (χ3v) is 2.58. The Morgan fingerprint density at radius 2 is 2.54 bits per heavy atom. The van der Waals surface area contributed by atoms with Gasteiger partial charge in [-0.05, 0) is 22.4 Å². The molecular formula is C9H11N3S. The van der Waals surface area contributed by atoms with Gasteiger partial charge in [0.25, 0.3) is 0 Å². The van der Waals surface area contributed by atoms with E-state index in [0.717, 1.165) is 12.5 Å². The fourth-order valence-corrected chi connectivity index (χ4v) is 1.86. The lowest BCUT2D eigenvalue weighted by molar-refractivity contribution is 0.885. The first kappa shape index (κ1) is 8.31. The zero-order chi connectivity index (χ0) is 9.10. The molecule has 68 valence electrons. The number of H-pyrrole nitrogens is 1. The molecule has 0 bridgehead atoms. The van der Waals surface area contributed by atoms with Crippen LogP contribution in [0.1, 0.15) is 5.56 Å². The highest BCUT2D eigenvalue weighted by atomic mass is 32.1. The van der Waals surface area contributed by atoms with E-state index in [4.69, 9.17) is 0 Å². The molecule has 0 amide bonds. The predicted molar refractivity (Wildman–Crippen MR) is 55.0 cm³/mol. The summed E-state index contributed by atoms with van der Waals surface area (Å²) in [6.07, 6.45) is 3.60. The zero-order valence-electron chi connectivity index (χ0n) is 7.40. The second kappa shape index (κ2) is 3.62. The van der Waals surface area contributed by atoms with E-state index in [2.05, 4.69) is 31.7 Å². The SMILES string of the molecule is CN(Cc1ccsc1)c1ncc[nH]1. The number of imidazole rings is 1. The Hall–Kier alpha value is -1.29. The Bertz CT molecular complexity index is 339. The molecule has 0 aliphatic heterocycles. The van der Waals surface area contributed by atoms with E-state index in [1.54, 1.807) is 17.5 Å². The number of hydrogen-bond donors (Lipinski definition) is 1. The molecule has 2 heterocycles. The monoisotopic (exact) mass is 193 g/mol. The highest BCUT2D eigenvalue weighted by Gasteiger charge is 2.03. The minimum Gasteiger partial charge on any atom is -0.341 e. The summed E-state index contributed by atoms with van der Waals surface area (Å²) < 4.78 is 0. The number of nitrogens with one attached hydrogen (secondary N) is 1. The van der Waals surface area contributed by atoms with E-state index in [0.29, 0.717) is 0 Å². The highest BCUT2D eigenvalue weighted by Crippen LogP contribution is 2.11. The summed E-state index contributed by atoms with van der Waals surface area (Å²) in [4.78, 5) is 9.32. The van der Waals surface area contributed by atoms with Gasteiger partial charge in [0.15, 0.2) is 0 Å². The highest BCUT2D eigenvalue weighted by molar-refractivity contribution is 7.07. The summed E-state index contributed by atoms with van der Waals surface area (Å²) in [5, 5.41) is 4.24. The van der Waals surface area contributed by atoms with Crippen LogP contribution in [-0.2, 0) is 6.54 Å². The second-order valence-electron chi connectivity index (χ2n) is 2.90. The van der Waals surface area contributed by atoms with Gasteiger partial charge < -0.3 is 9.88 Å². The standard InChI is InChI=1S/C9H11N3S/c1-12(9-10-3-4-11-9)6-8-2-5-13-7-8/h2-5,7H,6H2,1H3,(H,10,11). The molecule has 2 rings (SSSR count). The molecule has 13 heavy (non-hydrogen) atoms. The van der Waals surface area contributed by atoms with Crippen molar-refractivity contribution in [3.63, 3.8) is 0 Å². The van der Waals surface area contributed by atoms with Gasteiger partial charge in [-0.1, -0.05) is 0 Å². The van der Waals surface area contributed by atoms with Crippen LogP contribution in [0.4, 0.5) is 5.95 Å². The number of rotatable bonds is 3. The molecule has 0 saturated carbocycles. The summed E-state index contributed by atoms with van der Waals surface area (Å²) in [7, 11) is 2.02. The molecular weight excluding hydrogens is 182 g/mol. The molecule has 0 atom stereocenters. The predicted octanol–water partition coefficient (Wildman–Crippen LogP) is 2.11. The Kier molecular flexibility index (Phi) is 2.31. The maximum absolute atomic E-state index is 4.17. The van der Waals surface area contributed by atoms with Crippen molar-refractivity contribution in [2.45, 2.75) is 6.54 Å². The Labute approximate surface area is 81.0 Å². The normalized spacial score (nSPS) is 10.2. The van der Waals surface area contributed by atoms with Crippen LogP contribution in [0.5, 0.6) is 0 Å². The molecule has 3 nitrogen and oxygen atoms in total. The van der Waals surface area contributed by atoms with Crippen LogP contribution in [0.15, 0.2) is 29.2 Å². The molecule has 0 spiro atoms. The first-order chi connectivity index (χ1) is 6.36. The zero-order valence-corrected chi connectivity index (χ0v) is 8.21. The molecule has 2 aromatic heterocycles. The largest absolute Gasteiger partial charge is 0.341 e. The molecule has 0 aromatic carbocycles. The van der Waals surface area contributed by atoms with E-state index in [1.807, 2.05) is 13.2 Å². The Balaban J connectivity index is 2.04. The third-order valence-electron chi connectivity index (χ3n) is 1.85. The molecule has 0 fully saturated rings. The molecule has 1 N–H and O–H groups in total. The van der Waals surface area contributed by atoms with Gasteiger partial charge in [0.2, 0.25) is 5.95 Å². The fourth-order valence-electron chi connectivity index (χ4n) is 1.20. The number of anilines is 1. The van der Waals surface area contributed by atoms with Gasteiger partial charge in [0, 0.05) is 26.0 Å². The van der Waals surface area contributed by atoms with Crippen molar-refractivity contribution in [2.24, 2.45) is 0 Å². The van der Waals surface area contributed by atoms with Gasteiger partial charge in [-0.15, -0.1) is 0 Å². The van der Waals surface area contributed by atoms with Gasteiger partial charge >= 0.3 is 0 Å². The van der Waals surface area contributed by atoms with Crippen molar-refractivity contribution in [2.75, 3.05) is 11.9 Å². The molecule has 2 aromatic rings. The fraction of sp³-hybridized carbons (Fsp3) is 0.222. The average molecular weight is 193 g/mol. The van der Waals surface area contributed by atoms with Gasteiger partial charge in [0.05, 0.1) is 0 Å². The van der Waals surface area contributed by atoms with E-state index >= 15 is 0 Å². The third kappa shape index (κ3) is 1.89. The van der Waals surface area contributed by atoms with Crippen LogP contribution < -0.4 is 4.90 Å². The molecule has 0 radical (unpaired) electrons. The number of aromatic nitrogens is 2. The molecule has 4 heteroatoms. The van der Waals surface area contributed by atoms with Crippen molar-refractivity contribution in [1.82, 2.24) is 9.97 Å². The first-order valence-electron chi connectivity index (χ1n) is 4.08. The van der Waals surface area contributed by atoms with Gasteiger partial charge in [-0.25, -0.2) is 4.98 Å². The lowest BCUT2D eigenvalue weighted by atomic mass is 10.3. The van der Waals surface area contributed by atoms with E-state index in [9.17, 15) is 0 Å². The van der Waals surface area contributed by atoms with Crippen molar-refractivity contribution in [3.8, 4) is 0 Å². The molecule has 0 saturated heterocycles. The van der Waals surface area contributed by atoms with Crippen LogP contribution in [0, 0.1) is 0 Å². The van der Waals surface area contributed by atoms with Crippen molar-refractivity contribution in [1.29, 1.82) is 0 Å². The van der Waals surface area contributed by atoms with Crippen molar-refractivity contribution in [3.05, 3.63) is 34.8 Å². The molecule has 0 unspecified atom stereocenters. The quantitative estimate of drug-likeness (QED) is 0.809. The summed E-state index contributed by atoms with van der Waals surface area (Å²) in [5.74, 6) is 0.909. The first-order valence-corrected chi connectivity index (χ1v) is 5.02. The number of aromatic amines is 1. The van der Waals surface area contributed by atoms with Gasteiger partial charge in [-0.3, -0.25) is 0 Å². The lowest BCUT2D eigenvalue weighted by Crippen LogP contribution is -2.17. The average Bonchev–Trinajstić information content (AvgIpc) is 2.74. The van der Waals surface area contributed by atoms with Crippen LogP contribution >= 0.6 is 11.3 Å². The van der Waals surface area contributed by atoms with E-state index < -0.39 is 0 Å².